The highest BCUT2D eigenvalue weighted by atomic mass is 19.1. The van der Waals surface area contributed by atoms with Crippen molar-refractivity contribution in [2.45, 2.75) is 13.5 Å². The van der Waals surface area contributed by atoms with Crippen molar-refractivity contribution in [3.05, 3.63) is 65.6 Å². The first-order valence-electron chi connectivity index (χ1n) is 6.94. The minimum absolute atomic E-state index is 0.280. The molecule has 3 rings (SSSR count). The topological polar surface area (TPSA) is 63.9 Å². The van der Waals surface area contributed by atoms with Crippen LogP contribution in [0.25, 0.3) is 11.3 Å². The van der Waals surface area contributed by atoms with E-state index in [1.54, 1.807) is 18.3 Å². The summed E-state index contributed by atoms with van der Waals surface area (Å²) in [7, 11) is 0. The molecule has 0 saturated heterocycles. The Labute approximate surface area is 127 Å². The molecule has 22 heavy (non-hydrogen) atoms. The number of ether oxygens (including phenoxy) is 1. The predicted octanol–water partition coefficient (Wildman–Crippen LogP) is 3.78. The molecule has 0 aliphatic rings. The molecule has 0 unspecified atom stereocenters. The van der Waals surface area contributed by atoms with E-state index in [0.717, 1.165) is 22.4 Å². The van der Waals surface area contributed by atoms with Crippen LogP contribution in [0.3, 0.4) is 0 Å². The number of benzene rings is 2. The van der Waals surface area contributed by atoms with Gasteiger partial charge in [-0.15, -0.1) is 0 Å². The summed E-state index contributed by atoms with van der Waals surface area (Å²) in [6.45, 7) is 2.42. The number of aromatic amines is 1. The van der Waals surface area contributed by atoms with Crippen LogP contribution in [0.2, 0.25) is 0 Å². The summed E-state index contributed by atoms with van der Waals surface area (Å²) in [5.74, 6) is 1.04. The zero-order chi connectivity index (χ0) is 15.5. The molecule has 0 fully saturated rings. The van der Waals surface area contributed by atoms with Crippen molar-refractivity contribution in [1.29, 1.82) is 0 Å². The molecule has 1 heterocycles. The molecule has 0 spiro atoms. The van der Waals surface area contributed by atoms with Crippen LogP contribution < -0.4 is 10.5 Å². The number of aryl methyl sites for hydroxylation is 1. The largest absolute Gasteiger partial charge is 0.453 e. The fourth-order valence-corrected chi connectivity index (χ4v) is 2.18. The van der Waals surface area contributed by atoms with E-state index in [9.17, 15) is 4.39 Å². The van der Waals surface area contributed by atoms with Gasteiger partial charge < -0.3 is 10.5 Å². The van der Waals surface area contributed by atoms with Gasteiger partial charge in [0.2, 0.25) is 0 Å². The number of rotatable bonds is 4. The zero-order valence-corrected chi connectivity index (χ0v) is 12.1. The molecule has 0 atom stereocenters. The van der Waals surface area contributed by atoms with Crippen LogP contribution in [0, 0.1) is 12.7 Å². The van der Waals surface area contributed by atoms with Gasteiger partial charge >= 0.3 is 0 Å². The van der Waals surface area contributed by atoms with Gasteiger partial charge in [-0.2, -0.15) is 5.10 Å². The smallest absolute Gasteiger partial charge is 0.173 e. The molecule has 0 aliphatic heterocycles. The summed E-state index contributed by atoms with van der Waals surface area (Å²) < 4.78 is 19.0. The first kappa shape index (κ1) is 14.3. The first-order chi connectivity index (χ1) is 10.7. The second-order valence-electron chi connectivity index (χ2n) is 5.02. The maximum atomic E-state index is 13.0. The summed E-state index contributed by atoms with van der Waals surface area (Å²) >= 11 is 0. The van der Waals surface area contributed by atoms with E-state index in [1.165, 1.54) is 12.1 Å². The van der Waals surface area contributed by atoms with Crippen molar-refractivity contribution >= 4 is 0 Å². The number of nitrogens with zero attached hydrogens (tertiary/aromatic N) is 1. The van der Waals surface area contributed by atoms with E-state index < -0.39 is 0 Å². The number of halogens is 1. The molecule has 3 N–H and O–H groups in total. The number of hydrogen-bond donors (Lipinski definition) is 2. The van der Waals surface area contributed by atoms with Crippen molar-refractivity contribution in [2.75, 3.05) is 0 Å². The monoisotopic (exact) mass is 297 g/mol. The molecule has 112 valence electrons. The number of nitrogens with two attached hydrogens (primary N) is 1. The second kappa shape index (κ2) is 5.99. The Morgan fingerprint density at radius 2 is 1.91 bits per heavy atom. The standard InChI is InChI=1S/C17H16FN3O/c1-11-2-3-12(9-19)8-15(11)22-16-10-20-21-17(16)13-4-6-14(18)7-5-13/h2-8,10H,9,19H2,1H3,(H,20,21). The third kappa shape index (κ3) is 2.84. The molecular formula is C17H16FN3O. The fraction of sp³-hybridized carbons (Fsp3) is 0.118. The van der Waals surface area contributed by atoms with E-state index in [4.69, 9.17) is 10.5 Å². The van der Waals surface area contributed by atoms with Gasteiger partial charge in [0.25, 0.3) is 0 Å². The Morgan fingerprint density at radius 1 is 1.14 bits per heavy atom. The van der Waals surface area contributed by atoms with Crippen LogP contribution >= 0.6 is 0 Å². The van der Waals surface area contributed by atoms with Gasteiger partial charge in [-0.25, -0.2) is 4.39 Å². The van der Waals surface area contributed by atoms with Crippen molar-refractivity contribution in [3.63, 3.8) is 0 Å². The Hall–Kier alpha value is -2.66. The molecule has 4 nitrogen and oxygen atoms in total. The Bertz CT molecular complexity index is 781. The Morgan fingerprint density at radius 3 is 2.64 bits per heavy atom. The molecule has 5 heteroatoms. The average Bonchev–Trinajstić information content (AvgIpc) is 2.98. The highest BCUT2D eigenvalue weighted by Crippen LogP contribution is 2.33. The van der Waals surface area contributed by atoms with E-state index in [1.807, 2.05) is 25.1 Å². The lowest BCUT2D eigenvalue weighted by atomic mass is 10.1. The quantitative estimate of drug-likeness (QED) is 0.770. The summed E-state index contributed by atoms with van der Waals surface area (Å²) in [5, 5.41) is 6.91. The lowest BCUT2D eigenvalue weighted by molar-refractivity contribution is 0.480. The molecule has 2 aromatic carbocycles. The van der Waals surface area contributed by atoms with Gasteiger partial charge in [0.1, 0.15) is 17.3 Å². The molecule has 0 radical (unpaired) electrons. The molecule has 0 saturated carbocycles. The normalized spacial score (nSPS) is 10.7. The number of hydrogen-bond acceptors (Lipinski definition) is 3. The maximum absolute atomic E-state index is 13.0. The SMILES string of the molecule is Cc1ccc(CN)cc1Oc1cn[nH]c1-c1ccc(F)cc1. The van der Waals surface area contributed by atoms with Crippen molar-refractivity contribution in [3.8, 4) is 22.8 Å². The summed E-state index contributed by atoms with van der Waals surface area (Å²) in [6.07, 6.45) is 1.60. The van der Waals surface area contributed by atoms with Crippen molar-refractivity contribution < 1.29 is 9.13 Å². The van der Waals surface area contributed by atoms with Crippen molar-refractivity contribution in [1.82, 2.24) is 10.2 Å². The second-order valence-corrected chi connectivity index (χ2v) is 5.02. The average molecular weight is 297 g/mol. The van der Waals surface area contributed by atoms with Gasteiger partial charge in [-0.05, 0) is 48.4 Å². The maximum Gasteiger partial charge on any atom is 0.173 e. The van der Waals surface area contributed by atoms with E-state index in [2.05, 4.69) is 10.2 Å². The van der Waals surface area contributed by atoms with Crippen LogP contribution in [-0.2, 0) is 6.54 Å². The predicted molar refractivity (Wildman–Crippen MR) is 83.1 cm³/mol. The highest BCUT2D eigenvalue weighted by Gasteiger charge is 2.11. The third-order valence-electron chi connectivity index (χ3n) is 3.45. The van der Waals surface area contributed by atoms with Gasteiger partial charge in [-0.1, -0.05) is 12.1 Å². The van der Waals surface area contributed by atoms with E-state index in [-0.39, 0.29) is 5.82 Å². The zero-order valence-electron chi connectivity index (χ0n) is 12.1. The Kier molecular flexibility index (Phi) is 3.89. The summed E-state index contributed by atoms with van der Waals surface area (Å²) in [6, 6.07) is 12.0. The molecular weight excluding hydrogens is 281 g/mol. The number of H-pyrrole nitrogens is 1. The van der Waals surface area contributed by atoms with Crippen LogP contribution in [0.5, 0.6) is 11.5 Å². The lowest BCUT2D eigenvalue weighted by Crippen LogP contribution is -1.97. The van der Waals surface area contributed by atoms with Crippen LogP contribution in [0.1, 0.15) is 11.1 Å². The highest BCUT2D eigenvalue weighted by molar-refractivity contribution is 5.66. The molecule has 3 aromatic rings. The van der Waals surface area contributed by atoms with Crippen molar-refractivity contribution in [2.24, 2.45) is 5.73 Å². The van der Waals surface area contributed by atoms with Gasteiger partial charge in [0.15, 0.2) is 5.75 Å². The van der Waals surface area contributed by atoms with Crippen LogP contribution in [-0.4, -0.2) is 10.2 Å². The van der Waals surface area contributed by atoms with E-state index >= 15 is 0 Å². The summed E-state index contributed by atoms with van der Waals surface area (Å²) in [5.41, 5.74) is 9.18. The van der Waals surface area contributed by atoms with Crippen LogP contribution in [0.15, 0.2) is 48.7 Å². The van der Waals surface area contributed by atoms with Crippen LogP contribution in [0.4, 0.5) is 4.39 Å². The van der Waals surface area contributed by atoms with Gasteiger partial charge in [0.05, 0.1) is 6.20 Å². The van der Waals surface area contributed by atoms with Gasteiger partial charge in [0, 0.05) is 12.1 Å². The minimum Gasteiger partial charge on any atom is -0.453 e. The van der Waals surface area contributed by atoms with E-state index in [0.29, 0.717) is 18.0 Å². The molecule has 0 bridgehead atoms. The minimum atomic E-state index is -0.280. The molecule has 0 amide bonds. The fourth-order valence-electron chi connectivity index (χ4n) is 2.18. The first-order valence-corrected chi connectivity index (χ1v) is 6.94. The third-order valence-corrected chi connectivity index (χ3v) is 3.45. The number of nitrogens with one attached hydrogen (secondary N) is 1. The number of aromatic nitrogens is 2. The lowest BCUT2D eigenvalue weighted by Gasteiger charge is -2.10. The molecule has 1 aromatic heterocycles. The molecule has 0 aliphatic carbocycles. The Balaban J connectivity index is 1.94. The van der Waals surface area contributed by atoms with Gasteiger partial charge in [-0.3, -0.25) is 5.10 Å². The summed E-state index contributed by atoms with van der Waals surface area (Å²) in [4.78, 5) is 0.